The summed E-state index contributed by atoms with van der Waals surface area (Å²) in [4.78, 5) is 12.0. The van der Waals surface area contributed by atoms with E-state index < -0.39 is 11.8 Å². The maximum atomic E-state index is 14.9. The van der Waals surface area contributed by atoms with Crippen molar-refractivity contribution in [3.05, 3.63) is 34.6 Å². The fraction of sp³-hybridized carbons (Fsp3) is 0.609. The topological polar surface area (TPSA) is 44.8 Å². The molecule has 0 N–H and O–H groups in total. The molecule has 2 rings (SSSR count). The maximum Gasteiger partial charge on any atom is 0.367 e. The second kappa shape index (κ2) is 8.64. The molecular weight excluding hydrogens is 359 g/mol. The number of allylic oxidation sites excluding steroid dienone is 1. The van der Waals surface area contributed by atoms with Crippen molar-refractivity contribution < 1.29 is 23.4 Å². The number of fused-ring (bicyclic) bond motifs is 1. The fourth-order valence-corrected chi connectivity index (χ4v) is 3.85. The van der Waals surface area contributed by atoms with Crippen LogP contribution in [0.5, 0.6) is 5.75 Å². The lowest BCUT2D eigenvalue weighted by Gasteiger charge is -2.42. The van der Waals surface area contributed by atoms with E-state index in [-0.39, 0.29) is 24.2 Å². The van der Waals surface area contributed by atoms with Gasteiger partial charge in [-0.2, -0.15) is 4.39 Å². The lowest BCUT2D eigenvalue weighted by atomic mass is 9.62. The van der Waals surface area contributed by atoms with Crippen molar-refractivity contribution in [1.29, 1.82) is 0 Å². The van der Waals surface area contributed by atoms with Gasteiger partial charge in [0.1, 0.15) is 5.75 Å². The Morgan fingerprint density at radius 1 is 1.07 bits per heavy atom. The molecule has 0 aliphatic heterocycles. The van der Waals surface area contributed by atoms with Crippen molar-refractivity contribution in [2.75, 3.05) is 20.5 Å². The van der Waals surface area contributed by atoms with Crippen LogP contribution < -0.4 is 4.74 Å². The van der Waals surface area contributed by atoms with Crippen LogP contribution in [0.15, 0.2) is 18.0 Å². The van der Waals surface area contributed by atoms with Gasteiger partial charge in [0, 0.05) is 18.2 Å². The van der Waals surface area contributed by atoms with E-state index in [1.807, 2.05) is 19.1 Å². The van der Waals surface area contributed by atoms with E-state index in [2.05, 4.69) is 27.7 Å². The van der Waals surface area contributed by atoms with Gasteiger partial charge in [0.05, 0.1) is 6.61 Å². The minimum Gasteiger partial charge on any atom is -0.467 e. The highest BCUT2D eigenvalue weighted by atomic mass is 19.1. The molecule has 0 spiro atoms. The summed E-state index contributed by atoms with van der Waals surface area (Å²) in [5, 5.41) is 0. The summed E-state index contributed by atoms with van der Waals surface area (Å²) in [6.45, 7) is 12.5. The predicted octanol–water partition coefficient (Wildman–Crippen LogP) is 5.67. The molecule has 0 radical (unpaired) electrons. The number of carbonyl (C=O) groups excluding carboxylic acids is 1. The lowest BCUT2D eigenvalue weighted by molar-refractivity contribution is -0.140. The third-order valence-corrected chi connectivity index (χ3v) is 5.68. The molecule has 156 valence electrons. The molecule has 0 fully saturated rings. The Balaban J connectivity index is 2.74. The standard InChI is InChI=1S/C23H33FO4/c1-8-15(20(24)21(25)27-9-2)16-12-17-18(13-19(16)28-14-26-7)23(5,6)11-10-22(17,3)4/h12-13H,8-11,14H2,1-7H3. The molecule has 0 saturated carbocycles. The van der Waals surface area contributed by atoms with Crippen LogP contribution in [0.1, 0.15) is 77.5 Å². The number of carbonyl (C=O) groups is 1. The quantitative estimate of drug-likeness (QED) is 0.341. The van der Waals surface area contributed by atoms with E-state index in [4.69, 9.17) is 14.2 Å². The molecule has 0 aromatic heterocycles. The van der Waals surface area contributed by atoms with E-state index in [9.17, 15) is 9.18 Å². The van der Waals surface area contributed by atoms with Gasteiger partial charge >= 0.3 is 5.97 Å². The number of halogens is 1. The molecule has 1 aliphatic rings. The van der Waals surface area contributed by atoms with Crippen LogP contribution in [-0.4, -0.2) is 26.5 Å². The zero-order chi connectivity index (χ0) is 21.1. The molecular formula is C23H33FO4. The monoisotopic (exact) mass is 392 g/mol. The van der Waals surface area contributed by atoms with Gasteiger partial charge in [-0.3, -0.25) is 0 Å². The molecule has 0 saturated heterocycles. The number of ether oxygens (including phenoxy) is 3. The molecule has 4 nitrogen and oxygen atoms in total. The number of methoxy groups -OCH3 is 1. The van der Waals surface area contributed by atoms with E-state index in [1.165, 1.54) is 11.1 Å². The van der Waals surface area contributed by atoms with Crippen molar-refractivity contribution in [2.45, 2.75) is 71.6 Å². The first-order valence-electron chi connectivity index (χ1n) is 9.96. The van der Waals surface area contributed by atoms with Crippen LogP contribution >= 0.6 is 0 Å². The Kier molecular flexibility index (Phi) is 6.92. The summed E-state index contributed by atoms with van der Waals surface area (Å²) < 4.78 is 30.7. The van der Waals surface area contributed by atoms with Crippen LogP contribution in [0.2, 0.25) is 0 Å². The number of hydrogen-bond acceptors (Lipinski definition) is 4. The van der Waals surface area contributed by atoms with Crippen LogP contribution in [0, 0.1) is 0 Å². The third-order valence-electron chi connectivity index (χ3n) is 5.68. The Morgan fingerprint density at radius 2 is 1.64 bits per heavy atom. The number of esters is 1. The minimum absolute atomic E-state index is 0.00958. The van der Waals surface area contributed by atoms with Crippen molar-refractivity contribution >= 4 is 11.5 Å². The highest BCUT2D eigenvalue weighted by molar-refractivity contribution is 5.96. The summed E-state index contributed by atoms with van der Waals surface area (Å²) >= 11 is 0. The minimum atomic E-state index is -0.936. The van der Waals surface area contributed by atoms with Gasteiger partial charge in [-0.15, -0.1) is 0 Å². The van der Waals surface area contributed by atoms with E-state index >= 15 is 0 Å². The zero-order valence-corrected chi connectivity index (χ0v) is 18.2. The molecule has 0 heterocycles. The molecule has 1 aromatic carbocycles. The molecule has 0 amide bonds. The summed E-state index contributed by atoms with van der Waals surface area (Å²) in [6.07, 6.45) is 2.44. The van der Waals surface area contributed by atoms with E-state index in [0.29, 0.717) is 23.3 Å². The molecule has 5 heteroatoms. The molecule has 28 heavy (non-hydrogen) atoms. The predicted molar refractivity (Wildman–Crippen MR) is 109 cm³/mol. The smallest absolute Gasteiger partial charge is 0.367 e. The average molecular weight is 393 g/mol. The van der Waals surface area contributed by atoms with Crippen LogP contribution in [0.25, 0.3) is 5.57 Å². The van der Waals surface area contributed by atoms with Crippen LogP contribution in [0.3, 0.4) is 0 Å². The average Bonchev–Trinajstić information content (AvgIpc) is 2.64. The van der Waals surface area contributed by atoms with Crippen molar-refractivity contribution in [2.24, 2.45) is 0 Å². The van der Waals surface area contributed by atoms with Gasteiger partial charge in [0.2, 0.25) is 5.83 Å². The lowest BCUT2D eigenvalue weighted by Crippen LogP contribution is -2.34. The van der Waals surface area contributed by atoms with Crippen molar-refractivity contribution in [1.82, 2.24) is 0 Å². The molecule has 1 aromatic rings. The normalized spacial score (nSPS) is 18.1. The molecule has 0 atom stereocenters. The molecule has 1 aliphatic carbocycles. The van der Waals surface area contributed by atoms with E-state index in [0.717, 1.165) is 12.8 Å². The van der Waals surface area contributed by atoms with Gasteiger partial charge < -0.3 is 14.2 Å². The van der Waals surface area contributed by atoms with E-state index in [1.54, 1.807) is 14.0 Å². The Labute approximate surface area is 168 Å². The zero-order valence-electron chi connectivity index (χ0n) is 18.2. The summed E-state index contributed by atoms with van der Waals surface area (Å²) in [5.74, 6) is -1.27. The van der Waals surface area contributed by atoms with Gasteiger partial charge in [0.15, 0.2) is 6.79 Å². The van der Waals surface area contributed by atoms with Crippen LogP contribution in [0.4, 0.5) is 4.39 Å². The largest absolute Gasteiger partial charge is 0.467 e. The number of benzene rings is 1. The highest BCUT2D eigenvalue weighted by Crippen LogP contribution is 2.49. The molecule has 0 bridgehead atoms. The SMILES string of the molecule is CCOC(=O)C(F)=C(CC)c1cc2c(cc1OCOC)C(C)(C)CCC2(C)C. The van der Waals surface area contributed by atoms with Gasteiger partial charge in [0.25, 0.3) is 0 Å². The Bertz CT molecular complexity index is 762. The number of hydrogen-bond donors (Lipinski definition) is 0. The first kappa shape index (κ1) is 22.4. The van der Waals surface area contributed by atoms with Crippen LogP contribution in [-0.2, 0) is 25.1 Å². The highest BCUT2D eigenvalue weighted by Gasteiger charge is 2.38. The van der Waals surface area contributed by atoms with Gasteiger partial charge in [-0.25, -0.2) is 4.79 Å². The number of rotatable bonds is 7. The first-order valence-corrected chi connectivity index (χ1v) is 9.96. The molecule has 0 unspecified atom stereocenters. The summed E-state index contributed by atoms with van der Waals surface area (Å²) in [5.41, 5.74) is 3.21. The summed E-state index contributed by atoms with van der Waals surface area (Å²) in [7, 11) is 1.54. The second-order valence-corrected chi connectivity index (χ2v) is 8.58. The Morgan fingerprint density at radius 3 is 2.14 bits per heavy atom. The summed E-state index contributed by atoms with van der Waals surface area (Å²) in [6, 6.07) is 4.00. The third kappa shape index (κ3) is 4.40. The van der Waals surface area contributed by atoms with Gasteiger partial charge in [-0.1, -0.05) is 34.6 Å². The first-order chi connectivity index (χ1) is 13.1. The van der Waals surface area contributed by atoms with Crippen molar-refractivity contribution in [3.63, 3.8) is 0 Å². The second-order valence-electron chi connectivity index (χ2n) is 8.58. The maximum absolute atomic E-state index is 14.9. The van der Waals surface area contributed by atoms with Crippen molar-refractivity contribution in [3.8, 4) is 5.75 Å². The van der Waals surface area contributed by atoms with Gasteiger partial charge in [-0.05, 0) is 60.3 Å². The fourth-order valence-electron chi connectivity index (χ4n) is 3.85. The Hall–Kier alpha value is -1.88.